The van der Waals surface area contributed by atoms with Crippen LogP contribution in [0.4, 0.5) is 15.9 Å². The van der Waals surface area contributed by atoms with Crippen molar-refractivity contribution < 1.29 is 14.0 Å². The number of aromatic nitrogens is 1. The van der Waals surface area contributed by atoms with Gasteiger partial charge in [0.25, 0.3) is 5.91 Å². The molecule has 188 valence electrons. The summed E-state index contributed by atoms with van der Waals surface area (Å²) in [5.74, 6) is -1.23. The molecular formula is C30H24FN5O2. The summed E-state index contributed by atoms with van der Waals surface area (Å²) in [6.45, 7) is 7.04. The molecule has 2 N–H and O–H groups in total. The topological polar surface area (TPSA) is 95.8 Å². The molecule has 3 aromatic rings. The fraction of sp³-hybridized carbons (Fsp3) is 0.0333. The van der Waals surface area contributed by atoms with Gasteiger partial charge in [0.05, 0.1) is 11.3 Å². The lowest BCUT2D eigenvalue weighted by atomic mass is 9.88. The van der Waals surface area contributed by atoms with Gasteiger partial charge in [-0.2, -0.15) is 0 Å². The van der Waals surface area contributed by atoms with Crippen LogP contribution in [0.25, 0.3) is 11.1 Å². The van der Waals surface area contributed by atoms with Crippen molar-refractivity contribution in [2.24, 2.45) is 9.98 Å². The van der Waals surface area contributed by atoms with E-state index >= 15 is 4.39 Å². The highest BCUT2D eigenvalue weighted by molar-refractivity contribution is 6.29. The van der Waals surface area contributed by atoms with Crippen LogP contribution in [-0.2, 0) is 4.79 Å². The van der Waals surface area contributed by atoms with Crippen LogP contribution in [0, 0.1) is 5.82 Å². The predicted molar refractivity (Wildman–Crippen MR) is 151 cm³/mol. The van der Waals surface area contributed by atoms with Crippen molar-refractivity contribution >= 4 is 46.5 Å². The van der Waals surface area contributed by atoms with Crippen LogP contribution in [-0.4, -0.2) is 28.8 Å². The molecule has 2 amide bonds. The first kappa shape index (κ1) is 25.8. The average molecular weight is 506 g/mol. The van der Waals surface area contributed by atoms with Crippen LogP contribution in [0.3, 0.4) is 0 Å². The smallest absolute Gasteiger partial charge is 0.259 e. The fourth-order valence-electron chi connectivity index (χ4n) is 3.79. The van der Waals surface area contributed by atoms with Crippen molar-refractivity contribution in [3.63, 3.8) is 0 Å². The maximum Gasteiger partial charge on any atom is 0.259 e. The number of hydrogen-bond donors (Lipinski definition) is 2. The average Bonchev–Trinajstić information content (AvgIpc) is 2.93. The number of halogens is 1. The molecule has 1 aliphatic rings. The van der Waals surface area contributed by atoms with Crippen molar-refractivity contribution in [3.05, 3.63) is 127 Å². The monoisotopic (exact) mass is 505 g/mol. The zero-order valence-corrected chi connectivity index (χ0v) is 20.4. The standard InChI is InChI=1S/C30H24FN5O2/c1-3-29(37)35-23-9-7-8-22(16-23)25-17-20(12-14-27(25)34-19-32-4-2)21-11-13-24(26(31)18-21)30(38)36-28-10-5-6-15-33-28/h3-13,15-19H,1-2,14H2,(H,35,37)(H,33,36,38)/b32-19-,34-27+. The molecule has 0 bridgehead atoms. The van der Waals surface area contributed by atoms with Gasteiger partial charge < -0.3 is 10.6 Å². The van der Waals surface area contributed by atoms with Gasteiger partial charge in [0.2, 0.25) is 5.91 Å². The minimum Gasteiger partial charge on any atom is -0.323 e. The van der Waals surface area contributed by atoms with E-state index in [1.165, 1.54) is 30.7 Å². The van der Waals surface area contributed by atoms with E-state index in [1.807, 2.05) is 30.4 Å². The summed E-state index contributed by atoms with van der Waals surface area (Å²) < 4.78 is 15.0. The van der Waals surface area contributed by atoms with Gasteiger partial charge in [0.15, 0.2) is 0 Å². The summed E-state index contributed by atoms with van der Waals surface area (Å²) in [5, 5.41) is 5.34. The predicted octanol–water partition coefficient (Wildman–Crippen LogP) is 6.08. The molecule has 0 radical (unpaired) electrons. The largest absolute Gasteiger partial charge is 0.323 e. The lowest BCUT2D eigenvalue weighted by Crippen LogP contribution is -2.14. The molecule has 1 heterocycles. The molecule has 0 aliphatic heterocycles. The lowest BCUT2D eigenvalue weighted by molar-refractivity contribution is -0.111. The summed E-state index contributed by atoms with van der Waals surface area (Å²) >= 11 is 0. The molecule has 1 aliphatic carbocycles. The zero-order valence-electron chi connectivity index (χ0n) is 20.4. The van der Waals surface area contributed by atoms with Gasteiger partial charge in [-0.05, 0) is 65.3 Å². The maximum atomic E-state index is 15.0. The number of carbonyl (C=O) groups excluding carboxylic acids is 2. The van der Waals surface area contributed by atoms with Crippen molar-refractivity contribution in [1.82, 2.24) is 4.98 Å². The number of nitrogens with one attached hydrogen (secondary N) is 2. The molecule has 2 aromatic carbocycles. The summed E-state index contributed by atoms with van der Waals surface area (Å²) in [7, 11) is 0. The minimum absolute atomic E-state index is 0.0893. The first-order valence-electron chi connectivity index (χ1n) is 11.7. The summed E-state index contributed by atoms with van der Waals surface area (Å²) in [6, 6.07) is 16.8. The molecule has 8 heteroatoms. The number of amides is 2. The lowest BCUT2D eigenvalue weighted by Gasteiger charge is -2.18. The first-order chi connectivity index (χ1) is 18.5. The van der Waals surface area contributed by atoms with Crippen LogP contribution in [0.15, 0.2) is 114 Å². The number of anilines is 2. The van der Waals surface area contributed by atoms with E-state index in [-0.39, 0.29) is 11.5 Å². The van der Waals surface area contributed by atoms with Crippen molar-refractivity contribution in [1.29, 1.82) is 0 Å². The van der Waals surface area contributed by atoms with E-state index < -0.39 is 11.7 Å². The van der Waals surface area contributed by atoms with Crippen molar-refractivity contribution in [2.75, 3.05) is 10.6 Å². The number of benzene rings is 2. The highest BCUT2D eigenvalue weighted by atomic mass is 19.1. The Morgan fingerprint density at radius 1 is 1.00 bits per heavy atom. The normalized spacial score (nSPS) is 14.0. The van der Waals surface area contributed by atoms with E-state index in [9.17, 15) is 9.59 Å². The van der Waals surface area contributed by atoms with Crippen LogP contribution in [0.2, 0.25) is 0 Å². The second-order valence-corrected chi connectivity index (χ2v) is 8.08. The minimum atomic E-state index is -0.654. The Morgan fingerprint density at radius 3 is 2.61 bits per heavy atom. The van der Waals surface area contributed by atoms with Gasteiger partial charge in [-0.15, -0.1) is 0 Å². The van der Waals surface area contributed by atoms with Crippen LogP contribution < -0.4 is 10.6 Å². The molecule has 1 aromatic heterocycles. The third-order valence-corrected chi connectivity index (χ3v) is 5.59. The van der Waals surface area contributed by atoms with E-state index in [0.717, 1.165) is 22.4 Å². The number of allylic oxidation sites excluding steroid dienone is 4. The van der Waals surface area contributed by atoms with E-state index in [1.54, 1.807) is 36.5 Å². The SMILES string of the molecule is C=C/N=C\N=C1/CC=C(c2ccc(C(=O)Nc3ccccn3)c(F)c2)C=C1c1cccc(NC(=O)C=C)c1. The van der Waals surface area contributed by atoms with Gasteiger partial charge in [0.1, 0.15) is 18.0 Å². The van der Waals surface area contributed by atoms with E-state index in [0.29, 0.717) is 23.5 Å². The van der Waals surface area contributed by atoms with Crippen LogP contribution in [0.5, 0.6) is 0 Å². The van der Waals surface area contributed by atoms with Gasteiger partial charge in [0, 0.05) is 30.1 Å². The molecule has 0 unspecified atom stereocenters. The zero-order chi connectivity index (χ0) is 26.9. The van der Waals surface area contributed by atoms with Gasteiger partial charge in [-0.1, -0.05) is 43.5 Å². The second-order valence-electron chi connectivity index (χ2n) is 8.08. The molecular weight excluding hydrogens is 481 g/mol. The van der Waals surface area contributed by atoms with Crippen molar-refractivity contribution in [2.45, 2.75) is 6.42 Å². The highest BCUT2D eigenvalue weighted by Gasteiger charge is 2.18. The van der Waals surface area contributed by atoms with Crippen molar-refractivity contribution in [3.8, 4) is 0 Å². The van der Waals surface area contributed by atoms with Gasteiger partial charge in [-0.3, -0.25) is 9.59 Å². The summed E-state index contributed by atoms with van der Waals surface area (Å²) in [4.78, 5) is 36.8. The third-order valence-electron chi connectivity index (χ3n) is 5.59. The number of hydrogen-bond acceptors (Lipinski definition) is 4. The number of aliphatic imine (C=N–C) groups is 2. The number of pyridine rings is 1. The number of carbonyl (C=O) groups is 2. The Kier molecular flexibility index (Phi) is 8.25. The summed E-state index contributed by atoms with van der Waals surface area (Å²) in [5.41, 5.74) is 4.19. The molecule has 0 fully saturated rings. The third kappa shape index (κ3) is 6.30. The Labute approximate surface area is 219 Å². The molecule has 38 heavy (non-hydrogen) atoms. The molecule has 4 rings (SSSR count). The summed E-state index contributed by atoms with van der Waals surface area (Å²) in [6.07, 6.45) is 9.80. The first-order valence-corrected chi connectivity index (χ1v) is 11.7. The van der Waals surface area contributed by atoms with Gasteiger partial charge >= 0.3 is 0 Å². The Bertz CT molecular complexity index is 1520. The molecule has 0 spiro atoms. The quantitative estimate of drug-likeness (QED) is 0.221. The van der Waals surface area contributed by atoms with Crippen LogP contribution >= 0.6 is 0 Å². The van der Waals surface area contributed by atoms with Gasteiger partial charge in [-0.25, -0.2) is 19.4 Å². The molecule has 0 saturated heterocycles. The second kappa shape index (κ2) is 12.1. The van der Waals surface area contributed by atoms with Crippen LogP contribution in [0.1, 0.15) is 27.9 Å². The number of rotatable bonds is 8. The van der Waals surface area contributed by atoms with E-state index in [4.69, 9.17) is 0 Å². The fourth-order valence-corrected chi connectivity index (χ4v) is 3.79. The number of nitrogens with zero attached hydrogens (tertiary/aromatic N) is 3. The Balaban J connectivity index is 1.66. The highest BCUT2D eigenvalue weighted by Crippen LogP contribution is 2.31. The molecule has 7 nitrogen and oxygen atoms in total. The molecule has 0 saturated carbocycles. The molecule has 0 atom stereocenters. The van der Waals surface area contributed by atoms with E-state index in [2.05, 4.69) is 38.8 Å². The maximum absolute atomic E-state index is 15.0. The Hall–Kier alpha value is -5.24. The Morgan fingerprint density at radius 2 is 1.87 bits per heavy atom.